The molecule has 1 aromatic carbocycles. The molecule has 1 fully saturated rings. The van der Waals surface area contributed by atoms with Crippen molar-refractivity contribution in [3.8, 4) is 0 Å². The molecule has 1 aromatic rings. The van der Waals surface area contributed by atoms with E-state index in [1.54, 1.807) is 6.07 Å². The van der Waals surface area contributed by atoms with Gasteiger partial charge in [-0.3, -0.25) is 0 Å². The number of aliphatic hydroxyl groups excluding tert-OH is 1. The average molecular weight is 318 g/mol. The van der Waals surface area contributed by atoms with Gasteiger partial charge in [-0.2, -0.15) is 4.31 Å². The molecule has 0 heterocycles. The highest BCUT2D eigenvalue weighted by Crippen LogP contribution is 2.34. The van der Waals surface area contributed by atoms with E-state index in [-0.39, 0.29) is 22.6 Å². The number of hydrogen-bond acceptors (Lipinski definition) is 3. The Bertz CT molecular complexity index is 582. The van der Waals surface area contributed by atoms with Crippen LogP contribution in [0.5, 0.6) is 0 Å². The van der Waals surface area contributed by atoms with Gasteiger partial charge in [0, 0.05) is 12.6 Å². The van der Waals surface area contributed by atoms with Crippen LogP contribution in [-0.4, -0.2) is 30.4 Å². The molecule has 0 radical (unpaired) electrons. The summed E-state index contributed by atoms with van der Waals surface area (Å²) in [5.41, 5.74) is 0.545. The van der Waals surface area contributed by atoms with Crippen LogP contribution >= 0.6 is 11.6 Å². The first kappa shape index (κ1) is 15.8. The van der Waals surface area contributed by atoms with Crippen LogP contribution in [0.3, 0.4) is 0 Å². The molecule has 0 spiro atoms. The fourth-order valence-corrected chi connectivity index (χ4v) is 4.35. The predicted octanol–water partition coefficient (Wildman–Crippen LogP) is 2.64. The van der Waals surface area contributed by atoms with E-state index in [9.17, 15) is 13.5 Å². The molecule has 1 aliphatic carbocycles. The second kappa shape index (κ2) is 6.02. The molecule has 0 bridgehead atoms. The molecule has 6 heteroatoms. The smallest absolute Gasteiger partial charge is 0.244 e. The lowest BCUT2D eigenvalue weighted by atomic mass is 10.2. The summed E-state index contributed by atoms with van der Waals surface area (Å²) in [6.07, 6.45) is 2.17. The molecule has 0 aromatic heterocycles. The van der Waals surface area contributed by atoms with E-state index in [0.717, 1.165) is 12.8 Å². The van der Waals surface area contributed by atoms with Gasteiger partial charge >= 0.3 is 0 Å². The van der Waals surface area contributed by atoms with Gasteiger partial charge in [0.25, 0.3) is 0 Å². The van der Waals surface area contributed by atoms with E-state index in [0.29, 0.717) is 18.0 Å². The van der Waals surface area contributed by atoms with E-state index in [4.69, 9.17) is 11.6 Å². The van der Waals surface area contributed by atoms with Crippen LogP contribution < -0.4 is 0 Å². The van der Waals surface area contributed by atoms with Crippen molar-refractivity contribution in [1.29, 1.82) is 0 Å². The lowest BCUT2D eigenvalue weighted by Crippen LogP contribution is -2.38. The molecule has 0 aliphatic heterocycles. The van der Waals surface area contributed by atoms with Crippen molar-refractivity contribution in [1.82, 2.24) is 4.31 Å². The van der Waals surface area contributed by atoms with Crippen molar-refractivity contribution in [2.75, 3.05) is 6.54 Å². The van der Waals surface area contributed by atoms with Crippen LogP contribution in [0.1, 0.15) is 32.3 Å². The van der Waals surface area contributed by atoms with Crippen LogP contribution in [0.4, 0.5) is 0 Å². The summed E-state index contributed by atoms with van der Waals surface area (Å²) in [7, 11) is -3.63. The third kappa shape index (κ3) is 3.34. The first-order chi connectivity index (χ1) is 9.36. The predicted molar refractivity (Wildman–Crippen MR) is 79.1 cm³/mol. The Labute approximate surface area is 125 Å². The second-order valence-corrected chi connectivity index (χ2v) is 7.80. The Morgan fingerprint density at radius 1 is 1.40 bits per heavy atom. The third-order valence-corrected chi connectivity index (χ3v) is 6.00. The first-order valence-corrected chi connectivity index (χ1v) is 8.59. The minimum absolute atomic E-state index is 0.0834. The topological polar surface area (TPSA) is 57.6 Å². The van der Waals surface area contributed by atoms with Gasteiger partial charge < -0.3 is 5.11 Å². The lowest BCUT2D eigenvalue weighted by molar-refractivity contribution is 0.281. The van der Waals surface area contributed by atoms with Crippen LogP contribution in [-0.2, 0) is 16.6 Å². The average Bonchev–Trinajstić information content (AvgIpc) is 3.19. The molecule has 0 saturated heterocycles. The molecule has 0 amide bonds. The minimum atomic E-state index is -3.63. The highest BCUT2D eigenvalue weighted by atomic mass is 35.5. The molecule has 0 unspecified atom stereocenters. The summed E-state index contributed by atoms with van der Waals surface area (Å²) >= 11 is 6.05. The van der Waals surface area contributed by atoms with E-state index in [1.807, 2.05) is 13.8 Å². The summed E-state index contributed by atoms with van der Waals surface area (Å²) in [5, 5.41) is 9.37. The minimum Gasteiger partial charge on any atom is -0.392 e. The molecule has 20 heavy (non-hydrogen) atoms. The normalized spacial score (nSPS) is 16.1. The number of benzene rings is 1. The molecule has 1 N–H and O–H groups in total. The summed E-state index contributed by atoms with van der Waals surface area (Å²) in [5.74, 6) is 0.465. The number of nitrogens with zero attached hydrogens (tertiary/aromatic N) is 1. The van der Waals surface area contributed by atoms with Crippen LogP contribution in [0.2, 0.25) is 5.02 Å². The van der Waals surface area contributed by atoms with Gasteiger partial charge in [-0.15, -0.1) is 0 Å². The van der Waals surface area contributed by atoms with E-state index in [2.05, 4.69) is 0 Å². The Morgan fingerprint density at radius 2 is 2.05 bits per heavy atom. The monoisotopic (exact) mass is 317 g/mol. The fourth-order valence-electron chi connectivity index (χ4n) is 2.11. The van der Waals surface area contributed by atoms with Crippen molar-refractivity contribution in [2.24, 2.45) is 5.92 Å². The van der Waals surface area contributed by atoms with Gasteiger partial charge in [-0.05, 0) is 50.3 Å². The molecule has 0 atom stereocenters. The van der Waals surface area contributed by atoms with Gasteiger partial charge in [0.1, 0.15) is 4.90 Å². The summed E-state index contributed by atoms with van der Waals surface area (Å²) in [6, 6.07) is 4.49. The molecule has 4 nitrogen and oxygen atoms in total. The number of aliphatic hydroxyl groups is 1. The summed E-state index contributed by atoms with van der Waals surface area (Å²) < 4.78 is 27.1. The standard InChI is InChI=1S/C14H20ClNO3S/c1-10(2)16(8-11-3-4-11)20(18,19)14-7-12(9-17)5-6-13(14)15/h5-7,10-11,17H,3-4,8-9H2,1-2H3. The van der Waals surface area contributed by atoms with Gasteiger partial charge in [0.15, 0.2) is 0 Å². The Hall–Kier alpha value is -0.620. The van der Waals surface area contributed by atoms with Gasteiger partial charge in [-0.1, -0.05) is 17.7 Å². The lowest BCUT2D eigenvalue weighted by Gasteiger charge is -2.26. The van der Waals surface area contributed by atoms with E-state index >= 15 is 0 Å². The van der Waals surface area contributed by atoms with Crippen LogP contribution in [0, 0.1) is 5.92 Å². The van der Waals surface area contributed by atoms with Crippen molar-refractivity contribution >= 4 is 21.6 Å². The molecular weight excluding hydrogens is 298 g/mol. The molecular formula is C14H20ClNO3S. The number of sulfonamides is 1. The first-order valence-electron chi connectivity index (χ1n) is 6.77. The maximum Gasteiger partial charge on any atom is 0.244 e. The Morgan fingerprint density at radius 3 is 2.55 bits per heavy atom. The Balaban J connectivity index is 2.40. The van der Waals surface area contributed by atoms with Crippen molar-refractivity contribution in [3.63, 3.8) is 0 Å². The van der Waals surface area contributed by atoms with Crippen LogP contribution in [0.15, 0.2) is 23.1 Å². The number of rotatable bonds is 6. The molecule has 2 rings (SSSR count). The zero-order valence-electron chi connectivity index (χ0n) is 11.7. The van der Waals surface area contributed by atoms with Crippen molar-refractivity contribution in [2.45, 2.75) is 44.2 Å². The SMILES string of the molecule is CC(C)N(CC1CC1)S(=O)(=O)c1cc(CO)ccc1Cl. The summed E-state index contributed by atoms with van der Waals surface area (Å²) in [6.45, 7) is 4.07. The van der Waals surface area contributed by atoms with Crippen LogP contribution in [0.25, 0.3) is 0 Å². The highest BCUT2D eigenvalue weighted by molar-refractivity contribution is 7.89. The zero-order chi connectivity index (χ0) is 14.9. The maximum atomic E-state index is 12.8. The maximum absolute atomic E-state index is 12.8. The largest absolute Gasteiger partial charge is 0.392 e. The van der Waals surface area contributed by atoms with Gasteiger partial charge in [0.2, 0.25) is 10.0 Å². The molecule has 1 aliphatic rings. The van der Waals surface area contributed by atoms with E-state index in [1.165, 1.54) is 16.4 Å². The zero-order valence-corrected chi connectivity index (χ0v) is 13.3. The van der Waals surface area contributed by atoms with E-state index < -0.39 is 10.0 Å². The van der Waals surface area contributed by atoms with Gasteiger partial charge in [0.05, 0.1) is 11.6 Å². The molecule has 112 valence electrons. The van der Waals surface area contributed by atoms with Gasteiger partial charge in [-0.25, -0.2) is 8.42 Å². The Kier molecular flexibility index (Phi) is 4.74. The number of hydrogen-bond donors (Lipinski definition) is 1. The van der Waals surface area contributed by atoms with Crippen molar-refractivity contribution in [3.05, 3.63) is 28.8 Å². The second-order valence-electron chi connectivity index (χ2n) is 5.53. The highest BCUT2D eigenvalue weighted by Gasteiger charge is 2.34. The fraction of sp³-hybridized carbons (Fsp3) is 0.571. The quantitative estimate of drug-likeness (QED) is 0.877. The summed E-state index contributed by atoms with van der Waals surface area (Å²) in [4.78, 5) is 0.0834. The molecule has 1 saturated carbocycles. The van der Waals surface area contributed by atoms with Crippen molar-refractivity contribution < 1.29 is 13.5 Å². The third-order valence-electron chi connectivity index (χ3n) is 3.48. The number of halogens is 1.